The van der Waals surface area contributed by atoms with Crippen LogP contribution < -0.4 is 10.1 Å². The number of nitrogens with zero attached hydrogens (tertiary/aromatic N) is 6. The van der Waals surface area contributed by atoms with Gasteiger partial charge in [-0.2, -0.15) is 0 Å². The molecule has 14 heteroatoms. The first-order valence-electron chi connectivity index (χ1n) is 17.1. The highest BCUT2D eigenvalue weighted by Gasteiger charge is 2.39. The van der Waals surface area contributed by atoms with Crippen LogP contribution in [0.1, 0.15) is 57.3 Å². The van der Waals surface area contributed by atoms with Gasteiger partial charge in [0.25, 0.3) is 5.91 Å². The van der Waals surface area contributed by atoms with Crippen molar-refractivity contribution in [1.82, 2.24) is 35.0 Å². The molecule has 2 amide bonds. The summed E-state index contributed by atoms with van der Waals surface area (Å²) >= 11 is 0. The largest absolute Gasteiger partial charge is 0.493 e. The number of nitrogens with one attached hydrogen (secondary N) is 1. The molecule has 1 aromatic heterocycles. The minimum atomic E-state index is -0.980. The first-order chi connectivity index (χ1) is 23.9. The molecule has 3 fully saturated rings. The number of carbonyl (C=O) groups is 3. The number of benzene rings is 2. The van der Waals surface area contributed by atoms with Crippen molar-refractivity contribution in [2.45, 2.75) is 56.6 Å². The molecule has 4 atom stereocenters. The Balaban J connectivity index is 1.11. The summed E-state index contributed by atoms with van der Waals surface area (Å²) in [6.45, 7) is 6.21. The summed E-state index contributed by atoms with van der Waals surface area (Å²) in [5.41, 5.74) is 2.46. The number of amides is 2. The SMILES string of the molecule is O=C(O)c1ccc(CN2CCN3C(=O)c4ccccc4OCC[C@@H]4CC[C@@H](n5cc(CN6CCOCC6)nn5)[C@@H](CNC(=O)[C@@H]3C2)O4)cc1. The lowest BCUT2D eigenvalue weighted by Crippen LogP contribution is -2.61. The Labute approximate surface area is 284 Å². The van der Waals surface area contributed by atoms with Crippen LogP contribution in [0.5, 0.6) is 5.75 Å². The first-order valence-corrected chi connectivity index (χ1v) is 17.1. The Morgan fingerprint density at radius 1 is 0.918 bits per heavy atom. The van der Waals surface area contributed by atoms with Crippen LogP contribution in [0.25, 0.3) is 0 Å². The van der Waals surface area contributed by atoms with E-state index in [2.05, 4.69) is 25.4 Å². The third kappa shape index (κ3) is 7.77. The molecule has 49 heavy (non-hydrogen) atoms. The fourth-order valence-corrected chi connectivity index (χ4v) is 7.19. The molecule has 0 radical (unpaired) electrons. The van der Waals surface area contributed by atoms with Crippen LogP contribution in [0, 0.1) is 0 Å². The Bertz CT molecular complexity index is 1630. The number of rotatable bonds is 6. The van der Waals surface area contributed by atoms with Crippen LogP contribution in [-0.2, 0) is 27.4 Å². The van der Waals surface area contributed by atoms with Crippen LogP contribution in [0.2, 0.25) is 0 Å². The summed E-state index contributed by atoms with van der Waals surface area (Å²) in [4.78, 5) is 45.6. The van der Waals surface area contributed by atoms with Gasteiger partial charge in [-0.05, 0) is 42.7 Å². The van der Waals surface area contributed by atoms with Crippen molar-refractivity contribution < 1.29 is 33.7 Å². The maximum Gasteiger partial charge on any atom is 0.335 e. The molecule has 2 N–H and O–H groups in total. The normalized spacial score (nSPS) is 25.8. The molecular formula is C35H43N7O7. The van der Waals surface area contributed by atoms with Gasteiger partial charge in [0, 0.05) is 58.8 Å². The van der Waals surface area contributed by atoms with Crippen molar-refractivity contribution in [2.24, 2.45) is 0 Å². The van der Waals surface area contributed by atoms with E-state index in [1.54, 1.807) is 47.4 Å². The molecule has 260 valence electrons. The first kappa shape index (κ1) is 33.1. The number of hydrogen-bond acceptors (Lipinski definition) is 10. The molecule has 2 aromatic carbocycles. The summed E-state index contributed by atoms with van der Waals surface area (Å²) in [6.07, 6.45) is 3.82. The van der Waals surface area contributed by atoms with E-state index >= 15 is 0 Å². The summed E-state index contributed by atoms with van der Waals surface area (Å²) in [5.74, 6) is -0.994. The molecule has 14 nitrogen and oxygen atoms in total. The predicted molar refractivity (Wildman–Crippen MR) is 176 cm³/mol. The number of aromatic carboxylic acids is 1. The monoisotopic (exact) mass is 673 g/mol. The van der Waals surface area contributed by atoms with Gasteiger partial charge < -0.3 is 29.5 Å². The lowest BCUT2D eigenvalue weighted by molar-refractivity contribution is -0.130. The molecule has 7 rings (SSSR count). The minimum Gasteiger partial charge on any atom is -0.493 e. The Morgan fingerprint density at radius 3 is 2.55 bits per heavy atom. The number of aromatic nitrogens is 3. The number of hydrogen-bond donors (Lipinski definition) is 2. The van der Waals surface area contributed by atoms with Crippen LogP contribution in [0.3, 0.4) is 0 Å². The Morgan fingerprint density at radius 2 is 1.73 bits per heavy atom. The number of carboxylic acids is 1. The maximum atomic E-state index is 14.1. The topological polar surface area (TPSA) is 152 Å². The van der Waals surface area contributed by atoms with E-state index in [-0.39, 0.29) is 42.2 Å². The molecule has 0 spiro atoms. The van der Waals surface area contributed by atoms with Crippen molar-refractivity contribution in [3.8, 4) is 5.75 Å². The van der Waals surface area contributed by atoms with Gasteiger partial charge in [0.15, 0.2) is 0 Å². The molecule has 3 aromatic rings. The van der Waals surface area contributed by atoms with Gasteiger partial charge in [0.2, 0.25) is 5.91 Å². The molecule has 0 saturated carbocycles. The standard InChI is InChI=1S/C35H43N7O7/c43-33-30-23-40(20-24-5-7-25(8-6-24)35(45)46)12-13-41(30)34(44)28-3-1-2-4-31(28)48-16-11-27-9-10-29(32(49-27)19-36-33)42-22-26(37-38-42)21-39-14-17-47-18-15-39/h1-8,22,27,29-30,32H,9-21,23H2,(H,36,43)(H,45,46)/t27-,29+,30-,32+/m0/s1. The van der Waals surface area contributed by atoms with Gasteiger partial charge in [-0.25, -0.2) is 9.48 Å². The number of morpholine rings is 1. The average molecular weight is 674 g/mol. The quantitative estimate of drug-likeness (QED) is 0.394. The Hall–Kier alpha value is -4.37. The third-order valence-corrected chi connectivity index (χ3v) is 9.90. The van der Waals surface area contributed by atoms with Crippen molar-refractivity contribution >= 4 is 17.8 Å². The van der Waals surface area contributed by atoms with Gasteiger partial charge >= 0.3 is 5.97 Å². The molecule has 3 saturated heterocycles. The number of carbonyl (C=O) groups excluding carboxylic acids is 2. The van der Waals surface area contributed by atoms with E-state index in [0.717, 1.165) is 37.2 Å². The molecule has 4 aliphatic rings. The lowest BCUT2D eigenvalue weighted by Gasteiger charge is -2.41. The molecule has 4 aliphatic heterocycles. The maximum absolute atomic E-state index is 14.1. The molecule has 2 bridgehead atoms. The zero-order chi connectivity index (χ0) is 33.7. The Kier molecular flexibility index (Phi) is 10.2. The van der Waals surface area contributed by atoms with Gasteiger partial charge in [-0.15, -0.1) is 5.10 Å². The second-order valence-corrected chi connectivity index (χ2v) is 13.1. The fraction of sp³-hybridized carbons (Fsp3) is 0.514. The van der Waals surface area contributed by atoms with E-state index in [1.165, 1.54) is 0 Å². The van der Waals surface area contributed by atoms with Gasteiger partial charge in [-0.3, -0.25) is 19.4 Å². The van der Waals surface area contributed by atoms with Gasteiger partial charge in [0.05, 0.1) is 61.1 Å². The molecular weight excluding hydrogens is 630 g/mol. The predicted octanol–water partition coefficient (Wildman–Crippen LogP) is 1.82. The number of fused-ring (bicyclic) bond motifs is 4. The zero-order valence-electron chi connectivity index (χ0n) is 27.5. The second-order valence-electron chi connectivity index (χ2n) is 13.1. The van der Waals surface area contributed by atoms with E-state index < -0.39 is 12.0 Å². The van der Waals surface area contributed by atoms with Crippen molar-refractivity contribution in [1.29, 1.82) is 0 Å². The van der Waals surface area contributed by atoms with E-state index in [1.807, 2.05) is 16.9 Å². The van der Waals surface area contributed by atoms with Crippen LogP contribution in [0.15, 0.2) is 54.7 Å². The van der Waals surface area contributed by atoms with Crippen molar-refractivity contribution in [3.63, 3.8) is 0 Å². The molecule has 0 aliphatic carbocycles. The molecule has 5 heterocycles. The van der Waals surface area contributed by atoms with Crippen molar-refractivity contribution in [3.05, 3.63) is 77.1 Å². The smallest absolute Gasteiger partial charge is 0.335 e. The van der Waals surface area contributed by atoms with E-state index in [4.69, 9.17) is 14.2 Å². The minimum absolute atomic E-state index is 0.0746. The highest BCUT2D eigenvalue weighted by atomic mass is 16.5. The summed E-state index contributed by atoms with van der Waals surface area (Å²) in [7, 11) is 0. The van der Waals surface area contributed by atoms with Gasteiger partial charge in [0.1, 0.15) is 11.8 Å². The molecule has 0 unspecified atom stereocenters. The van der Waals surface area contributed by atoms with E-state index in [0.29, 0.717) is 70.3 Å². The van der Waals surface area contributed by atoms with Crippen LogP contribution in [-0.4, -0.2) is 130 Å². The third-order valence-electron chi connectivity index (χ3n) is 9.90. The lowest BCUT2D eigenvalue weighted by atomic mass is 9.96. The van der Waals surface area contributed by atoms with Gasteiger partial charge in [-0.1, -0.05) is 29.5 Å². The van der Waals surface area contributed by atoms with E-state index in [9.17, 15) is 19.5 Å². The van der Waals surface area contributed by atoms with Crippen LogP contribution >= 0.6 is 0 Å². The second kappa shape index (κ2) is 15.0. The number of piperazine rings is 1. The number of carboxylic acid groups (broad SMARTS) is 1. The fourth-order valence-electron chi connectivity index (χ4n) is 7.19. The highest BCUT2D eigenvalue weighted by molar-refractivity contribution is 6.00. The zero-order valence-corrected chi connectivity index (χ0v) is 27.5. The number of ether oxygens (including phenoxy) is 3. The average Bonchev–Trinajstić information content (AvgIpc) is 3.59. The summed E-state index contributed by atoms with van der Waals surface area (Å²) in [5, 5.41) is 21.4. The van der Waals surface area contributed by atoms with Crippen LogP contribution in [0.4, 0.5) is 0 Å². The summed E-state index contributed by atoms with van der Waals surface area (Å²) in [6, 6.07) is 13.0. The highest BCUT2D eigenvalue weighted by Crippen LogP contribution is 2.31. The van der Waals surface area contributed by atoms with Crippen molar-refractivity contribution in [2.75, 3.05) is 59.1 Å². The number of para-hydroxylation sites is 1. The summed E-state index contributed by atoms with van der Waals surface area (Å²) < 4.78 is 20.2.